The van der Waals surface area contributed by atoms with Crippen molar-refractivity contribution in [2.24, 2.45) is 0 Å². The second-order valence-electron chi connectivity index (χ2n) is 6.04. The van der Waals surface area contributed by atoms with Crippen LogP contribution in [-0.2, 0) is 19.1 Å². The van der Waals surface area contributed by atoms with Crippen LogP contribution in [0.15, 0.2) is 54.2 Å². The number of ether oxygens (including phenoxy) is 1. The number of esters is 1. The molecule has 0 bridgehead atoms. The van der Waals surface area contributed by atoms with Crippen LogP contribution in [0, 0.1) is 13.8 Å². The minimum absolute atomic E-state index is 0.0337. The topological polar surface area (TPSA) is 84.5 Å². The second kappa shape index (κ2) is 9.33. The van der Waals surface area contributed by atoms with E-state index < -0.39 is 24.4 Å². The van der Waals surface area contributed by atoms with Crippen molar-refractivity contribution >= 4 is 29.5 Å². The highest BCUT2D eigenvalue weighted by Gasteiger charge is 2.15. The Balaban J connectivity index is 2.03. The lowest BCUT2D eigenvalue weighted by atomic mass is 10.1. The van der Waals surface area contributed by atoms with E-state index in [-0.39, 0.29) is 5.70 Å². The molecule has 6 nitrogen and oxygen atoms in total. The maximum Gasteiger partial charge on any atom is 0.355 e. The predicted octanol–water partition coefficient (Wildman–Crippen LogP) is 2.96. The highest BCUT2D eigenvalue weighted by Crippen LogP contribution is 2.19. The number of carbonyl (C=O) groups is 3. The molecule has 0 aliphatic heterocycles. The van der Waals surface area contributed by atoms with Gasteiger partial charge in [0.2, 0.25) is 5.91 Å². The SMILES string of the molecule is CC(=O)N/C(=C\c1ccccc1)C(=O)OCC(=O)Nc1c(C)cccc1C. The number of para-hydroxylation sites is 1. The van der Waals surface area contributed by atoms with Crippen molar-refractivity contribution in [3.8, 4) is 0 Å². The lowest BCUT2D eigenvalue weighted by Crippen LogP contribution is -2.29. The number of amides is 2. The summed E-state index contributed by atoms with van der Waals surface area (Å²) in [5, 5.41) is 5.18. The maximum atomic E-state index is 12.3. The standard InChI is InChI=1S/C21H22N2O4/c1-14-8-7-9-15(2)20(14)23-19(25)13-27-21(26)18(22-16(3)24)12-17-10-5-4-6-11-17/h4-12H,13H2,1-3H3,(H,22,24)(H,23,25)/b18-12-. The highest BCUT2D eigenvalue weighted by atomic mass is 16.5. The summed E-state index contributed by atoms with van der Waals surface area (Å²) in [6, 6.07) is 14.7. The Morgan fingerprint density at radius 1 is 0.963 bits per heavy atom. The molecule has 0 aromatic heterocycles. The summed E-state index contributed by atoms with van der Waals surface area (Å²) in [5.41, 5.74) is 3.21. The van der Waals surface area contributed by atoms with Gasteiger partial charge in [-0.15, -0.1) is 0 Å². The molecule has 0 radical (unpaired) electrons. The van der Waals surface area contributed by atoms with E-state index in [1.807, 2.05) is 38.1 Å². The Kier molecular flexibility index (Phi) is 6.88. The number of carbonyl (C=O) groups excluding carboxylic acids is 3. The summed E-state index contributed by atoms with van der Waals surface area (Å²) in [5.74, 6) is -1.65. The minimum Gasteiger partial charge on any atom is -0.451 e. The first kappa shape index (κ1) is 19.9. The lowest BCUT2D eigenvalue weighted by molar-refractivity contribution is -0.144. The first-order valence-electron chi connectivity index (χ1n) is 8.44. The molecule has 0 fully saturated rings. The van der Waals surface area contributed by atoms with Gasteiger partial charge < -0.3 is 15.4 Å². The van der Waals surface area contributed by atoms with Crippen molar-refractivity contribution in [2.45, 2.75) is 20.8 Å². The van der Waals surface area contributed by atoms with Crippen LogP contribution in [-0.4, -0.2) is 24.4 Å². The van der Waals surface area contributed by atoms with Gasteiger partial charge in [0, 0.05) is 12.6 Å². The van der Waals surface area contributed by atoms with Crippen LogP contribution in [0.5, 0.6) is 0 Å². The molecule has 2 aromatic rings. The van der Waals surface area contributed by atoms with Crippen molar-refractivity contribution in [2.75, 3.05) is 11.9 Å². The van der Waals surface area contributed by atoms with Crippen LogP contribution < -0.4 is 10.6 Å². The number of hydrogen-bond donors (Lipinski definition) is 2. The average molecular weight is 366 g/mol. The summed E-state index contributed by atoms with van der Waals surface area (Å²) in [6.07, 6.45) is 1.49. The molecule has 27 heavy (non-hydrogen) atoms. The third-order valence-electron chi connectivity index (χ3n) is 3.72. The van der Waals surface area contributed by atoms with Crippen LogP contribution in [0.4, 0.5) is 5.69 Å². The Hall–Kier alpha value is -3.41. The molecule has 140 valence electrons. The molecule has 0 heterocycles. The molecule has 0 aliphatic carbocycles. The van der Waals surface area contributed by atoms with Crippen molar-refractivity contribution < 1.29 is 19.1 Å². The van der Waals surface area contributed by atoms with Crippen LogP contribution in [0.2, 0.25) is 0 Å². The molecular formula is C21H22N2O4. The predicted molar refractivity (Wildman–Crippen MR) is 104 cm³/mol. The van der Waals surface area contributed by atoms with Gasteiger partial charge in [0.05, 0.1) is 0 Å². The smallest absolute Gasteiger partial charge is 0.355 e. The monoisotopic (exact) mass is 366 g/mol. The van der Waals surface area contributed by atoms with Gasteiger partial charge in [-0.2, -0.15) is 0 Å². The largest absolute Gasteiger partial charge is 0.451 e. The van der Waals surface area contributed by atoms with Crippen LogP contribution in [0.25, 0.3) is 6.08 Å². The van der Waals surface area contributed by atoms with E-state index in [1.165, 1.54) is 13.0 Å². The third kappa shape index (κ3) is 6.11. The first-order chi connectivity index (χ1) is 12.9. The fourth-order valence-corrected chi connectivity index (χ4v) is 2.45. The van der Waals surface area contributed by atoms with Gasteiger partial charge in [-0.1, -0.05) is 48.5 Å². The lowest BCUT2D eigenvalue weighted by Gasteiger charge is -2.12. The van der Waals surface area contributed by atoms with Gasteiger partial charge in [-0.05, 0) is 36.6 Å². The molecule has 2 N–H and O–H groups in total. The molecule has 0 unspecified atom stereocenters. The Bertz CT molecular complexity index is 853. The van der Waals surface area contributed by atoms with Gasteiger partial charge in [-0.25, -0.2) is 4.79 Å². The number of hydrogen-bond acceptors (Lipinski definition) is 4. The van der Waals surface area contributed by atoms with E-state index >= 15 is 0 Å². The highest BCUT2D eigenvalue weighted by molar-refractivity contribution is 6.00. The fraction of sp³-hybridized carbons (Fsp3) is 0.190. The number of anilines is 1. The van der Waals surface area contributed by atoms with Gasteiger partial charge in [0.25, 0.3) is 5.91 Å². The minimum atomic E-state index is -0.786. The Labute approximate surface area is 158 Å². The molecule has 0 saturated carbocycles. The summed E-state index contributed by atoms with van der Waals surface area (Å²) in [4.78, 5) is 35.8. The van der Waals surface area contributed by atoms with Crippen molar-refractivity contribution in [3.05, 3.63) is 70.9 Å². The Morgan fingerprint density at radius 3 is 2.19 bits per heavy atom. The van der Waals surface area contributed by atoms with Gasteiger partial charge >= 0.3 is 5.97 Å². The number of benzene rings is 2. The Morgan fingerprint density at radius 2 is 1.59 bits per heavy atom. The molecular weight excluding hydrogens is 344 g/mol. The molecule has 2 rings (SSSR count). The maximum absolute atomic E-state index is 12.3. The molecule has 0 aliphatic rings. The van der Waals surface area contributed by atoms with Crippen molar-refractivity contribution in [1.29, 1.82) is 0 Å². The number of rotatable bonds is 6. The number of nitrogens with one attached hydrogen (secondary N) is 2. The van der Waals surface area contributed by atoms with Crippen molar-refractivity contribution in [1.82, 2.24) is 5.32 Å². The van der Waals surface area contributed by atoms with E-state index in [2.05, 4.69) is 10.6 Å². The summed E-state index contributed by atoms with van der Waals surface area (Å²) >= 11 is 0. The van der Waals surface area contributed by atoms with E-state index in [0.717, 1.165) is 16.7 Å². The van der Waals surface area contributed by atoms with Gasteiger partial charge in [0.15, 0.2) is 6.61 Å². The van der Waals surface area contributed by atoms with Crippen molar-refractivity contribution in [3.63, 3.8) is 0 Å². The normalized spacial score (nSPS) is 10.9. The molecule has 0 atom stereocenters. The zero-order valence-corrected chi connectivity index (χ0v) is 15.5. The molecule has 6 heteroatoms. The zero-order valence-electron chi connectivity index (χ0n) is 15.5. The fourth-order valence-electron chi connectivity index (χ4n) is 2.45. The third-order valence-corrected chi connectivity index (χ3v) is 3.72. The summed E-state index contributed by atoms with van der Waals surface area (Å²) in [6.45, 7) is 4.59. The van der Waals surface area contributed by atoms with Gasteiger partial charge in [0.1, 0.15) is 5.70 Å². The molecule has 2 aromatic carbocycles. The van der Waals surface area contributed by atoms with Crippen LogP contribution >= 0.6 is 0 Å². The van der Waals surface area contributed by atoms with E-state index in [9.17, 15) is 14.4 Å². The average Bonchev–Trinajstić information content (AvgIpc) is 2.63. The number of aryl methyl sites for hydroxylation is 2. The molecule has 0 spiro atoms. The quantitative estimate of drug-likeness (QED) is 0.608. The first-order valence-corrected chi connectivity index (χ1v) is 8.44. The van der Waals surface area contributed by atoms with Crippen LogP contribution in [0.3, 0.4) is 0 Å². The summed E-state index contributed by atoms with van der Waals surface area (Å²) in [7, 11) is 0. The molecule has 2 amide bonds. The van der Waals surface area contributed by atoms with E-state index in [4.69, 9.17) is 4.74 Å². The van der Waals surface area contributed by atoms with Gasteiger partial charge in [-0.3, -0.25) is 9.59 Å². The molecule has 0 saturated heterocycles. The van der Waals surface area contributed by atoms with E-state index in [0.29, 0.717) is 5.69 Å². The van der Waals surface area contributed by atoms with E-state index in [1.54, 1.807) is 24.3 Å². The second-order valence-corrected chi connectivity index (χ2v) is 6.04. The summed E-state index contributed by atoms with van der Waals surface area (Å²) < 4.78 is 5.06. The zero-order chi connectivity index (χ0) is 19.8. The van der Waals surface area contributed by atoms with Crippen LogP contribution in [0.1, 0.15) is 23.6 Å².